The minimum Gasteiger partial charge on any atom is -0.371 e. The number of benzene rings is 1. The van der Waals surface area contributed by atoms with Gasteiger partial charge in [0, 0.05) is 32.2 Å². The fourth-order valence-corrected chi connectivity index (χ4v) is 5.39. The predicted molar refractivity (Wildman–Crippen MR) is 142 cm³/mol. The zero-order valence-corrected chi connectivity index (χ0v) is 23.4. The first-order valence-electron chi connectivity index (χ1n) is 13.4. The van der Waals surface area contributed by atoms with Gasteiger partial charge in [-0.2, -0.15) is 0 Å². The molecule has 0 radical (unpaired) electrons. The molecule has 4 atom stereocenters. The molecule has 4 unspecified atom stereocenters. The van der Waals surface area contributed by atoms with E-state index < -0.39 is 12.1 Å². The van der Waals surface area contributed by atoms with Crippen LogP contribution in [0, 0.1) is 11.8 Å². The summed E-state index contributed by atoms with van der Waals surface area (Å²) in [7, 11) is 1.51. The zero-order chi connectivity index (χ0) is 27.5. The van der Waals surface area contributed by atoms with E-state index in [0.29, 0.717) is 37.9 Å². The molecular weight excluding hydrogens is 470 g/mol. The molecule has 0 spiro atoms. The molecular formula is C29H43N3O5. The van der Waals surface area contributed by atoms with E-state index in [9.17, 15) is 19.2 Å². The van der Waals surface area contributed by atoms with Gasteiger partial charge in [-0.15, -0.1) is 0 Å². The highest BCUT2D eigenvalue weighted by Crippen LogP contribution is 2.32. The van der Waals surface area contributed by atoms with E-state index in [2.05, 4.69) is 26.1 Å². The van der Waals surface area contributed by atoms with Crippen LogP contribution in [0.1, 0.15) is 76.7 Å². The minimum absolute atomic E-state index is 0.00465. The van der Waals surface area contributed by atoms with Crippen molar-refractivity contribution in [1.82, 2.24) is 15.1 Å². The van der Waals surface area contributed by atoms with Crippen LogP contribution in [0.5, 0.6) is 0 Å². The lowest BCUT2D eigenvalue weighted by atomic mass is 9.87. The van der Waals surface area contributed by atoms with E-state index in [1.807, 2.05) is 45.0 Å². The standard InChI is InChI=1S/C29H43N3O5/c1-18(2)26(37-7)28(36)32-17-23(33)25-22(32)13-15-31(25)24(34)16-19(3)12-14-30-27(35)20-8-10-21(11-9-20)29(4,5)6/h8-11,18-19,22,25-26H,12-17H2,1-7H3,(H,30,35). The molecule has 2 aliphatic heterocycles. The molecule has 2 fully saturated rings. The van der Waals surface area contributed by atoms with Gasteiger partial charge in [-0.3, -0.25) is 19.2 Å². The Morgan fingerprint density at radius 3 is 2.30 bits per heavy atom. The van der Waals surface area contributed by atoms with Crippen LogP contribution in [-0.4, -0.2) is 78.2 Å². The first-order chi connectivity index (χ1) is 17.3. The van der Waals surface area contributed by atoms with Crippen molar-refractivity contribution in [2.75, 3.05) is 26.7 Å². The number of nitrogens with one attached hydrogen (secondary N) is 1. The number of methoxy groups -OCH3 is 1. The van der Waals surface area contributed by atoms with Gasteiger partial charge in [0.25, 0.3) is 11.8 Å². The lowest BCUT2D eigenvalue weighted by Crippen LogP contribution is -2.47. The van der Waals surface area contributed by atoms with E-state index >= 15 is 0 Å². The Labute approximate surface area is 221 Å². The molecule has 0 saturated carbocycles. The number of likely N-dealkylation sites (tertiary alicyclic amines) is 2. The molecule has 0 bridgehead atoms. The normalized spacial score (nSPS) is 21.2. The maximum atomic E-state index is 13.1. The summed E-state index contributed by atoms with van der Waals surface area (Å²) in [5, 5.41) is 2.94. The summed E-state index contributed by atoms with van der Waals surface area (Å²) >= 11 is 0. The highest BCUT2D eigenvalue weighted by molar-refractivity contribution is 5.98. The Hall–Kier alpha value is -2.74. The molecule has 1 N–H and O–H groups in total. The smallest absolute Gasteiger partial charge is 0.252 e. The van der Waals surface area contributed by atoms with Gasteiger partial charge in [0.05, 0.1) is 12.6 Å². The molecule has 0 aliphatic carbocycles. The Morgan fingerprint density at radius 1 is 1.08 bits per heavy atom. The number of carbonyl (C=O) groups excluding carboxylic acids is 4. The lowest BCUT2D eigenvalue weighted by molar-refractivity contribution is -0.146. The number of Topliss-reactive ketones (excluding diaryl/α,β-unsaturated/α-hetero) is 1. The van der Waals surface area contributed by atoms with Gasteiger partial charge >= 0.3 is 0 Å². The lowest BCUT2D eigenvalue weighted by Gasteiger charge is -2.28. The van der Waals surface area contributed by atoms with Crippen LogP contribution in [-0.2, 0) is 24.5 Å². The highest BCUT2D eigenvalue weighted by Gasteiger charge is 2.52. The van der Waals surface area contributed by atoms with E-state index in [-0.39, 0.29) is 53.3 Å². The maximum absolute atomic E-state index is 13.1. The third-order valence-corrected chi connectivity index (χ3v) is 7.59. The predicted octanol–water partition coefficient (Wildman–Crippen LogP) is 3.18. The number of rotatable bonds is 9. The molecule has 2 heterocycles. The van der Waals surface area contributed by atoms with Gasteiger partial charge < -0.3 is 19.9 Å². The van der Waals surface area contributed by atoms with Crippen LogP contribution < -0.4 is 5.32 Å². The zero-order valence-electron chi connectivity index (χ0n) is 23.4. The first-order valence-corrected chi connectivity index (χ1v) is 13.4. The molecule has 1 aromatic rings. The quantitative estimate of drug-likeness (QED) is 0.547. The molecule has 8 nitrogen and oxygen atoms in total. The van der Waals surface area contributed by atoms with Crippen molar-refractivity contribution in [3.8, 4) is 0 Å². The van der Waals surface area contributed by atoms with Crippen LogP contribution in [0.25, 0.3) is 0 Å². The molecule has 0 aromatic heterocycles. The van der Waals surface area contributed by atoms with Crippen LogP contribution >= 0.6 is 0 Å². The maximum Gasteiger partial charge on any atom is 0.252 e. The topological polar surface area (TPSA) is 96.0 Å². The summed E-state index contributed by atoms with van der Waals surface area (Å²) in [6.45, 7) is 13.2. The van der Waals surface area contributed by atoms with E-state index in [4.69, 9.17) is 4.74 Å². The van der Waals surface area contributed by atoms with E-state index in [1.165, 1.54) is 12.7 Å². The van der Waals surface area contributed by atoms with Crippen molar-refractivity contribution < 1.29 is 23.9 Å². The summed E-state index contributed by atoms with van der Waals surface area (Å²) in [4.78, 5) is 54.7. The van der Waals surface area contributed by atoms with E-state index in [0.717, 1.165) is 0 Å². The Bertz CT molecular complexity index is 998. The fraction of sp³-hybridized carbons (Fsp3) is 0.655. The van der Waals surface area contributed by atoms with Gasteiger partial charge in [-0.25, -0.2) is 0 Å². The molecule has 2 saturated heterocycles. The molecule has 8 heteroatoms. The van der Waals surface area contributed by atoms with Crippen LogP contribution in [0.4, 0.5) is 0 Å². The van der Waals surface area contributed by atoms with Crippen molar-refractivity contribution in [2.45, 2.75) is 84.4 Å². The fourth-order valence-electron chi connectivity index (χ4n) is 5.39. The number of nitrogens with zero attached hydrogens (tertiary/aromatic N) is 2. The summed E-state index contributed by atoms with van der Waals surface area (Å²) < 4.78 is 5.38. The molecule has 204 valence electrons. The van der Waals surface area contributed by atoms with Crippen molar-refractivity contribution in [1.29, 1.82) is 0 Å². The van der Waals surface area contributed by atoms with Crippen molar-refractivity contribution >= 4 is 23.5 Å². The monoisotopic (exact) mass is 513 g/mol. The molecule has 37 heavy (non-hydrogen) atoms. The average Bonchev–Trinajstić information content (AvgIpc) is 3.40. The number of hydrogen-bond acceptors (Lipinski definition) is 5. The number of amides is 3. The van der Waals surface area contributed by atoms with Gasteiger partial charge in [0.15, 0.2) is 5.78 Å². The number of fused-ring (bicyclic) bond motifs is 1. The third kappa shape index (κ3) is 6.58. The van der Waals surface area contributed by atoms with Crippen molar-refractivity contribution in [3.05, 3.63) is 35.4 Å². The SMILES string of the molecule is COC(C(=O)N1CC(=O)C2C1CCN2C(=O)CC(C)CCNC(=O)c1ccc(C(C)(C)C)cc1)C(C)C. The Kier molecular flexibility index (Phi) is 9.16. The van der Waals surface area contributed by atoms with Gasteiger partial charge in [0.2, 0.25) is 5.91 Å². The van der Waals surface area contributed by atoms with Crippen LogP contribution in [0.3, 0.4) is 0 Å². The summed E-state index contributed by atoms with van der Waals surface area (Å²) in [6, 6.07) is 6.81. The first kappa shape index (κ1) is 28.8. The van der Waals surface area contributed by atoms with Gasteiger partial charge in [0.1, 0.15) is 12.1 Å². The van der Waals surface area contributed by atoms with Gasteiger partial charge in [-0.05, 0) is 47.8 Å². The molecule has 3 rings (SSSR count). The number of ether oxygens (including phenoxy) is 1. The molecule has 3 amide bonds. The average molecular weight is 514 g/mol. The molecule has 1 aromatic carbocycles. The van der Waals surface area contributed by atoms with Crippen molar-refractivity contribution in [3.63, 3.8) is 0 Å². The number of hydrogen-bond donors (Lipinski definition) is 1. The number of ketones is 1. The summed E-state index contributed by atoms with van der Waals surface area (Å²) in [5.41, 5.74) is 1.82. The summed E-state index contributed by atoms with van der Waals surface area (Å²) in [6.07, 6.45) is 0.957. The van der Waals surface area contributed by atoms with Gasteiger partial charge in [-0.1, -0.05) is 53.7 Å². The second-order valence-electron chi connectivity index (χ2n) is 11.9. The third-order valence-electron chi connectivity index (χ3n) is 7.59. The number of carbonyl (C=O) groups is 4. The minimum atomic E-state index is -0.594. The highest BCUT2D eigenvalue weighted by atomic mass is 16.5. The van der Waals surface area contributed by atoms with E-state index in [1.54, 1.807) is 9.80 Å². The second kappa shape index (κ2) is 11.8. The summed E-state index contributed by atoms with van der Waals surface area (Å²) in [5.74, 6) is -0.416. The largest absolute Gasteiger partial charge is 0.371 e. The van der Waals surface area contributed by atoms with Crippen LogP contribution in [0.2, 0.25) is 0 Å². The Morgan fingerprint density at radius 2 is 1.73 bits per heavy atom. The molecule has 2 aliphatic rings. The second-order valence-corrected chi connectivity index (χ2v) is 11.9. The van der Waals surface area contributed by atoms with Crippen LogP contribution in [0.15, 0.2) is 24.3 Å². The Balaban J connectivity index is 1.49. The van der Waals surface area contributed by atoms with Crippen molar-refractivity contribution in [2.24, 2.45) is 11.8 Å².